The van der Waals surface area contributed by atoms with Crippen LogP contribution in [0.15, 0.2) is 0 Å². The second kappa shape index (κ2) is 5.50. The van der Waals surface area contributed by atoms with Crippen molar-refractivity contribution in [3.8, 4) is 0 Å². The number of halogens is 1. The molecule has 0 radical (unpaired) electrons. The monoisotopic (exact) mass is 164 g/mol. The molecule has 0 heterocycles. The second-order valence-corrected chi connectivity index (χ2v) is 2.70. The average Bonchev–Trinajstić information content (AvgIpc) is 1.88. The van der Waals surface area contributed by atoms with E-state index in [0.29, 0.717) is 13.1 Å². The fourth-order valence-electron chi connectivity index (χ4n) is 0.454. The first kappa shape index (κ1) is 9.72. The van der Waals surface area contributed by atoms with Crippen molar-refractivity contribution in [2.24, 2.45) is 5.73 Å². The molecule has 1 amide bonds. The molecular formula is C6H13ClN2O. The summed E-state index contributed by atoms with van der Waals surface area (Å²) in [6.45, 7) is 2.85. The smallest absolute Gasteiger partial charge is 0.237 e. The van der Waals surface area contributed by atoms with Crippen molar-refractivity contribution in [2.45, 2.75) is 18.7 Å². The second-order valence-electron chi connectivity index (χ2n) is 2.05. The summed E-state index contributed by atoms with van der Waals surface area (Å²) in [6.07, 6.45) is 0.801. The minimum absolute atomic E-state index is 0.130. The maximum atomic E-state index is 10.7. The number of hydrogen-bond donors (Lipinski definition) is 2. The lowest BCUT2D eigenvalue weighted by atomic mass is 10.4. The quantitative estimate of drug-likeness (QED) is 0.457. The van der Waals surface area contributed by atoms with Crippen LogP contribution in [-0.4, -0.2) is 24.4 Å². The summed E-state index contributed by atoms with van der Waals surface area (Å²) in [7, 11) is 0. The topological polar surface area (TPSA) is 55.1 Å². The summed E-state index contributed by atoms with van der Waals surface area (Å²) in [4.78, 5) is 10.7. The Morgan fingerprint density at radius 1 is 1.80 bits per heavy atom. The highest BCUT2D eigenvalue weighted by Crippen LogP contribution is 1.91. The Bertz CT molecular complexity index is 106. The van der Waals surface area contributed by atoms with Gasteiger partial charge in [-0.1, -0.05) is 0 Å². The van der Waals surface area contributed by atoms with Crippen molar-refractivity contribution in [3.63, 3.8) is 0 Å². The van der Waals surface area contributed by atoms with Gasteiger partial charge in [0.1, 0.15) is 5.38 Å². The lowest BCUT2D eigenvalue weighted by Crippen LogP contribution is -2.31. The van der Waals surface area contributed by atoms with Crippen LogP contribution in [0.25, 0.3) is 0 Å². The van der Waals surface area contributed by atoms with Gasteiger partial charge in [-0.05, 0) is 19.9 Å². The molecule has 0 aromatic carbocycles. The number of alkyl halides is 1. The van der Waals surface area contributed by atoms with E-state index >= 15 is 0 Å². The zero-order chi connectivity index (χ0) is 7.98. The molecule has 3 nitrogen and oxygen atoms in total. The van der Waals surface area contributed by atoms with Crippen LogP contribution >= 0.6 is 11.6 Å². The molecule has 0 bridgehead atoms. The molecule has 60 valence electrons. The van der Waals surface area contributed by atoms with E-state index in [2.05, 4.69) is 5.32 Å². The number of nitrogens with one attached hydrogen (secondary N) is 1. The fraction of sp³-hybridized carbons (Fsp3) is 0.833. The van der Waals surface area contributed by atoms with Crippen LogP contribution in [0.2, 0.25) is 0 Å². The largest absolute Gasteiger partial charge is 0.355 e. The Kier molecular flexibility index (Phi) is 5.35. The van der Waals surface area contributed by atoms with E-state index in [0.717, 1.165) is 6.42 Å². The Morgan fingerprint density at radius 2 is 2.40 bits per heavy atom. The highest BCUT2D eigenvalue weighted by Gasteiger charge is 2.06. The van der Waals surface area contributed by atoms with Crippen LogP contribution in [0.5, 0.6) is 0 Å². The Hall–Kier alpha value is -0.280. The van der Waals surface area contributed by atoms with Gasteiger partial charge in [0, 0.05) is 6.54 Å². The van der Waals surface area contributed by atoms with Gasteiger partial charge in [0.05, 0.1) is 0 Å². The standard InChI is InChI=1S/C6H13ClN2O/c1-5(7)6(10)9-4-2-3-8/h5H,2-4,8H2,1H3,(H,9,10)/t5-/m0/s1. The van der Waals surface area contributed by atoms with E-state index in [1.807, 2.05) is 0 Å². The first-order chi connectivity index (χ1) is 4.68. The van der Waals surface area contributed by atoms with E-state index < -0.39 is 5.38 Å². The molecule has 0 aliphatic carbocycles. The van der Waals surface area contributed by atoms with Gasteiger partial charge in [0.15, 0.2) is 0 Å². The van der Waals surface area contributed by atoms with E-state index in [9.17, 15) is 4.79 Å². The number of carbonyl (C=O) groups is 1. The van der Waals surface area contributed by atoms with E-state index in [1.165, 1.54) is 0 Å². The Labute approximate surface area is 65.9 Å². The van der Waals surface area contributed by atoms with E-state index in [1.54, 1.807) is 6.92 Å². The molecule has 0 unspecified atom stereocenters. The van der Waals surface area contributed by atoms with Gasteiger partial charge in [-0.3, -0.25) is 4.79 Å². The van der Waals surface area contributed by atoms with Crippen LogP contribution < -0.4 is 11.1 Å². The highest BCUT2D eigenvalue weighted by atomic mass is 35.5. The molecular weight excluding hydrogens is 152 g/mol. The maximum Gasteiger partial charge on any atom is 0.237 e. The molecule has 10 heavy (non-hydrogen) atoms. The van der Waals surface area contributed by atoms with Gasteiger partial charge in [-0.15, -0.1) is 11.6 Å². The zero-order valence-corrected chi connectivity index (χ0v) is 6.82. The molecule has 4 heteroatoms. The third-order valence-corrected chi connectivity index (χ3v) is 1.24. The minimum Gasteiger partial charge on any atom is -0.355 e. The number of hydrogen-bond acceptors (Lipinski definition) is 2. The van der Waals surface area contributed by atoms with Gasteiger partial charge in [-0.25, -0.2) is 0 Å². The molecule has 0 aliphatic rings. The highest BCUT2D eigenvalue weighted by molar-refractivity contribution is 6.30. The van der Waals surface area contributed by atoms with Crippen LogP contribution in [0, 0.1) is 0 Å². The van der Waals surface area contributed by atoms with Gasteiger partial charge >= 0.3 is 0 Å². The summed E-state index contributed by atoms with van der Waals surface area (Å²) in [5, 5.41) is 2.19. The number of nitrogens with two attached hydrogens (primary N) is 1. The third kappa shape index (κ3) is 4.58. The molecule has 0 saturated carbocycles. The summed E-state index contributed by atoms with van der Waals surface area (Å²) < 4.78 is 0. The van der Waals surface area contributed by atoms with Crippen LogP contribution in [0.1, 0.15) is 13.3 Å². The summed E-state index contributed by atoms with van der Waals surface area (Å²) in [5.41, 5.74) is 5.21. The van der Waals surface area contributed by atoms with E-state index in [-0.39, 0.29) is 5.91 Å². The number of carbonyl (C=O) groups excluding carboxylic acids is 1. The average molecular weight is 165 g/mol. The van der Waals surface area contributed by atoms with Crippen LogP contribution in [-0.2, 0) is 4.79 Å². The fourth-order valence-corrected chi connectivity index (χ4v) is 0.531. The molecule has 1 atom stereocenters. The maximum absolute atomic E-state index is 10.7. The van der Waals surface area contributed by atoms with Crippen molar-refractivity contribution in [1.82, 2.24) is 5.32 Å². The molecule has 0 rings (SSSR count). The summed E-state index contributed by atoms with van der Waals surface area (Å²) in [6, 6.07) is 0. The molecule has 0 aromatic rings. The Morgan fingerprint density at radius 3 is 2.80 bits per heavy atom. The van der Waals surface area contributed by atoms with E-state index in [4.69, 9.17) is 17.3 Å². The van der Waals surface area contributed by atoms with Crippen LogP contribution in [0.3, 0.4) is 0 Å². The number of amides is 1. The van der Waals surface area contributed by atoms with Crippen molar-refractivity contribution in [3.05, 3.63) is 0 Å². The summed E-state index contributed by atoms with van der Waals surface area (Å²) in [5.74, 6) is -0.130. The SMILES string of the molecule is C[C@H](Cl)C(=O)NCCCN. The lowest BCUT2D eigenvalue weighted by Gasteiger charge is -2.03. The van der Waals surface area contributed by atoms with Crippen molar-refractivity contribution in [1.29, 1.82) is 0 Å². The molecule has 0 fully saturated rings. The van der Waals surface area contributed by atoms with Gasteiger partial charge in [0.2, 0.25) is 5.91 Å². The predicted molar refractivity (Wildman–Crippen MR) is 42.0 cm³/mol. The van der Waals surface area contributed by atoms with Crippen molar-refractivity contribution in [2.75, 3.05) is 13.1 Å². The van der Waals surface area contributed by atoms with Gasteiger partial charge in [0.25, 0.3) is 0 Å². The molecule has 3 N–H and O–H groups in total. The van der Waals surface area contributed by atoms with Gasteiger partial charge < -0.3 is 11.1 Å². The molecule has 0 spiro atoms. The number of rotatable bonds is 4. The van der Waals surface area contributed by atoms with Crippen LogP contribution in [0.4, 0.5) is 0 Å². The Balaban J connectivity index is 3.22. The van der Waals surface area contributed by atoms with Crippen molar-refractivity contribution < 1.29 is 4.79 Å². The van der Waals surface area contributed by atoms with Gasteiger partial charge in [-0.2, -0.15) is 0 Å². The predicted octanol–water partition coefficient (Wildman–Crippen LogP) is 0.0787. The lowest BCUT2D eigenvalue weighted by molar-refractivity contribution is -0.120. The molecule has 0 aromatic heterocycles. The first-order valence-corrected chi connectivity index (χ1v) is 3.74. The normalized spacial score (nSPS) is 12.7. The van der Waals surface area contributed by atoms with Crippen molar-refractivity contribution >= 4 is 17.5 Å². The first-order valence-electron chi connectivity index (χ1n) is 3.30. The minimum atomic E-state index is -0.447. The molecule has 0 saturated heterocycles. The third-order valence-electron chi connectivity index (χ3n) is 1.04. The molecule has 0 aliphatic heterocycles. The summed E-state index contributed by atoms with van der Waals surface area (Å²) >= 11 is 5.46. The zero-order valence-electron chi connectivity index (χ0n) is 6.06.